The first-order valence-corrected chi connectivity index (χ1v) is 11.1. The first-order valence-electron chi connectivity index (χ1n) is 11.1. The summed E-state index contributed by atoms with van der Waals surface area (Å²) >= 11 is 0. The summed E-state index contributed by atoms with van der Waals surface area (Å²) in [7, 11) is 4.22. The number of fused-ring (bicyclic) bond motifs is 1. The Morgan fingerprint density at radius 1 is 0.903 bits per heavy atom. The molecule has 0 saturated carbocycles. The number of rotatable bonds is 5. The molecule has 0 atom stereocenters. The van der Waals surface area contributed by atoms with E-state index in [9.17, 15) is 0 Å². The van der Waals surface area contributed by atoms with Gasteiger partial charge in [0.1, 0.15) is 0 Å². The zero-order valence-corrected chi connectivity index (χ0v) is 18.8. The van der Waals surface area contributed by atoms with Gasteiger partial charge in [0.15, 0.2) is 0 Å². The average molecular weight is 414 g/mol. The van der Waals surface area contributed by atoms with Crippen molar-refractivity contribution in [2.24, 2.45) is 0 Å². The number of allylic oxidation sites excluding steroid dienone is 1. The summed E-state index contributed by atoms with van der Waals surface area (Å²) in [4.78, 5) is 7.27. The first kappa shape index (κ1) is 19.9. The Balaban J connectivity index is 1.29. The van der Waals surface area contributed by atoms with Crippen LogP contribution in [0.25, 0.3) is 17.2 Å². The van der Waals surface area contributed by atoms with E-state index in [2.05, 4.69) is 106 Å². The monoisotopic (exact) mass is 413 g/mol. The summed E-state index contributed by atoms with van der Waals surface area (Å²) in [5, 5.41) is 4.59. The fraction of sp³-hybridized carbons (Fsp3) is 0.346. The van der Waals surface area contributed by atoms with Crippen LogP contribution in [0.5, 0.6) is 0 Å². The van der Waals surface area contributed by atoms with Gasteiger partial charge in [-0.15, -0.1) is 0 Å². The molecule has 0 radical (unpaired) electrons. The molecule has 0 spiro atoms. The minimum absolute atomic E-state index is 0.902. The van der Waals surface area contributed by atoms with Gasteiger partial charge < -0.3 is 14.7 Å². The number of anilines is 1. The largest absolute Gasteiger partial charge is 0.370 e. The molecule has 160 valence electrons. The lowest BCUT2D eigenvalue weighted by Crippen LogP contribution is -2.46. The van der Waals surface area contributed by atoms with Crippen molar-refractivity contribution >= 4 is 11.8 Å². The Bertz CT molecular complexity index is 1090. The highest BCUT2D eigenvalue weighted by Gasteiger charge is 2.24. The molecule has 1 aromatic heterocycles. The van der Waals surface area contributed by atoms with Crippen LogP contribution in [0.2, 0.25) is 0 Å². The van der Waals surface area contributed by atoms with E-state index in [4.69, 9.17) is 0 Å². The van der Waals surface area contributed by atoms with E-state index in [1.165, 1.54) is 33.8 Å². The molecular formula is C26H31N5. The quantitative estimate of drug-likeness (QED) is 0.630. The molecule has 5 heteroatoms. The molecule has 5 rings (SSSR count). The molecule has 3 aromatic rings. The van der Waals surface area contributed by atoms with Gasteiger partial charge in [-0.05, 0) is 50.4 Å². The third kappa shape index (κ3) is 4.10. The predicted octanol–water partition coefficient (Wildman–Crippen LogP) is 4.10. The van der Waals surface area contributed by atoms with Crippen molar-refractivity contribution in [3.63, 3.8) is 0 Å². The lowest BCUT2D eigenvalue weighted by atomic mass is 10.0. The summed E-state index contributed by atoms with van der Waals surface area (Å²) in [5.41, 5.74) is 9.03. The van der Waals surface area contributed by atoms with Crippen LogP contribution in [-0.4, -0.2) is 59.9 Å². The van der Waals surface area contributed by atoms with Crippen molar-refractivity contribution in [2.45, 2.75) is 20.0 Å². The SMILES string of the molecule is Cc1cc2n(n1)CC(N1CCN(c3ccccc3-c3ccc(CN(C)C)cc3)CC1)=C2. The van der Waals surface area contributed by atoms with E-state index < -0.39 is 0 Å². The third-order valence-electron chi connectivity index (χ3n) is 6.25. The highest BCUT2D eigenvalue weighted by atomic mass is 15.3. The summed E-state index contributed by atoms with van der Waals surface area (Å²) in [6.07, 6.45) is 2.30. The van der Waals surface area contributed by atoms with Crippen LogP contribution in [0.4, 0.5) is 5.69 Å². The second kappa shape index (κ2) is 8.23. The summed E-state index contributed by atoms with van der Waals surface area (Å²) in [5.74, 6) is 0. The van der Waals surface area contributed by atoms with Crippen molar-refractivity contribution in [3.8, 4) is 11.1 Å². The second-order valence-corrected chi connectivity index (χ2v) is 8.93. The third-order valence-corrected chi connectivity index (χ3v) is 6.25. The Hall–Kier alpha value is -3.05. The Morgan fingerprint density at radius 3 is 2.32 bits per heavy atom. The lowest BCUT2D eigenvalue weighted by Gasteiger charge is -2.38. The first-order chi connectivity index (χ1) is 15.1. The minimum atomic E-state index is 0.902. The predicted molar refractivity (Wildman–Crippen MR) is 128 cm³/mol. The molecule has 0 N–H and O–H groups in total. The maximum atomic E-state index is 4.59. The zero-order chi connectivity index (χ0) is 21.4. The maximum Gasteiger partial charge on any atom is 0.0815 e. The van der Waals surface area contributed by atoms with E-state index in [-0.39, 0.29) is 0 Å². The van der Waals surface area contributed by atoms with Gasteiger partial charge in [-0.1, -0.05) is 42.5 Å². The van der Waals surface area contributed by atoms with Gasteiger partial charge in [0, 0.05) is 49.7 Å². The Labute approximate surface area is 185 Å². The molecule has 2 aromatic carbocycles. The summed E-state index contributed by atoms with van der Waals surface area (Å²) in [6.45, 7) is 8.10. The summed E-state index contributed by atoms with van der Waals surface area (Å²) in [6, 6.07) is 20.0. The normalized spacial score (nSPS) is 16.1. The Morgan fingerprint density at radius 2 is 1.61 bits per heavy atom. The molecule has 0 aliphatic carbocycles. The molecule has 0 amide bonds. The van der Waals surface area contributed by atoms with Crippen LogP contribution < -0.4 is 4.90 Å². The minimum Gasteiger partial charge on any atom is -0.370 e. The standard InChI is InChI=1S/C26H31N5/c1-20-16-23-17-24(19-31(23)27-20)29-12-14-30(15-13-29)26-7-5-4-6-25(26)22-10-8-21(9-11-22)18-28(2)3/h4-11,16-17H,12-15,18-19H2,1-3H3. The van der Waals surface area contributed by atoms with Crippen molar-refractivity contribution < 1.29 is 0 Å². The highest BCUT2D eigenvalue weighted by molar-refractivity contribution is 5.79. The van der Waals surface area contributed by atoms with E-state index in [0.29, 0.717) is 0 Å². The highest BCUT2D eigenvalue weighted by Crippen LogP contribution is 2.32. The van der Waals surface area contributed by atoms with Gasteiger partial charge in [-0.25, -0.2) is 0 Å². The number of benzene rings is 2. The van der Waals surface area contributed by atoms with Crippen LogP contribution >= 0.6 is 0 Å². The van der Waals surface area contributed by atoms with Crippen LogP contribution in [0, 0.1) is 6.92 Å². The van der Waals surface area contributed by atoms with Crippen LogP contribution in [0.1, 0.15) is 17.0 Å². The molecule has 0 unspecified atom stereocenters. The number of piperazine rings is 1. The molecule has 5 nitrogen and oxygen atoms in total. The summed E-state index contributed by atoms with van der Waals surface area (Å²) < 4.78 is 2.12. The van der Waals surface area contributed by atoms with E-state index >= 15 is 0 Å². The van der Waals surface area contributed by atoms with Crippen molar-refractivity contribution in [2.75, 3.05) is 45.2 Å². The fourth-order valence-electron chi connectivity index (χ4n) is 4.75. The van der Waals surface area contributed by atoms with E-state index in [1.54, 1.807) is 0 Å². The number of nitrogens with zero attached hydrogens (tertiary/aromatic N) is 5. The molecule has 0 bridgehead atoms. The molecule has 2 aliphatic heterocycles. The van der Waals surface area contributed by atoms with Gasteiger partial charge in [0.25, 0.3) is 0 Å². The number of aromatic nitrogens is 2. The number of aryl methyl sites for hydroxylation is 1. The van der Waals surface area contributed by atoms with Crippen LogP contribution in [0.3, 0.4) is 0 Å². The van der Waals surface area contributed by atoms with E-state index in [0.717, 1.165) is 45.0 Å². The fourth-order valence-corrected chi connectivity index (χ4v) is 4.75. The molecule has 1 fully saturated rings. The maximum absolute atomic E-state index is 4.59. The average Bonchev–Trinajstić information content (AvgIpc) is 3.32. The molecular weight excluding hydrogens is 382 g/mol. The molecule has 2 aliphatic rings. The number of hydrogen-bond acceptors (Lipinski definition) is 4. The topological polar surface area (TPSA) is 27.5 Å². The molecule has 3 heterocycles. The van der Waals surface area contributed by atoms with Crippen molar-refractivity contribution in [1.82, 2.24) is 19.6 Å². The number of hydrogen-bond donors (Lipinski definition) is 0. The van der Waals surface area contributed by atoms with Gasteiger partial charge in [0.05, 0.1) is 17.9 Å². The second-order valence-electron chi connectivity index (χ2n) is 8.93. The van der Waals surface area contributed by atoms with Gasteiger partial charge in [0.2, 0.25) is 0 Å². The van der Waals surface area contributed by atoms with Gasteiger partial charge in [-0.3, -0.25) is 4.68 Å². The zero-order valence-electron chi connectivity index (χ0n) is 18.8. The molecule has 1 saturated heterocycles. The number of para-hydroxylation sites is 1. The van der Waals surface area contributed by atoms with Crippen LogP contribution in [-0.2, 0) is 13.1 Å². The van der Waals surface area contributed by atoms with Crippen LogP contribution in [0.15, 0.2) is 60.3 Å². The van der Waals surface area contributed by atoms with Crippen molar-refractivity contribution in [3.05, 3.63) is 77.2 Å². The van der Waals surface area contributed by atoms with Crippen molar-refractivity contribution in [1.29, 1.82) is 0 Å². The lowest BCUT2D eigenvalue weighted by molar-refractivity contribution is 0.309. The molecule has 31 heavy (non-hydrogen) atoms. The smallest absolute Gasteiger partial charge is 0.0815 e. The Kier molecular flexibility index (Phi) is 5.28. The van der Waals surface area contributed by atoms with E-state index in [1.807, 2.05) is 0 Å². The van der Waals surface area contributed by atoms with Gasteiger partial charge >= 0.3 is 0 Å². The van der Waals surface area contributed by atoms with Gasteiger partial charge in [-0.2, -0.15) is 5.10 Å².